The predicted molar refractivity (Wildman–Crippen MR) is 94.9 cm³/mol. The SMILES string of the molecule is CC(NC(=O)c1ccccc1Br)C(=O)N/N=C/c1ccccc1O. The van der Waals surface area contributed by atoms with E-state index in [1.54, 1.807) is 49.4 Å². The molecule has 0 spiro atoms. The first kappa shape index (κ1) is 17.7. The van der Waals surface area contributed by atoms with E-state index in [-0.39, 0.29) is 11.7 Å². The molecule has 0 aliphatic heterocycles. The lowest BCUT2D eigenvalue weighted by atomic mass is 10.2. The van der Waals surface area contributed by atoms with Crippen molar-refractivity contribution in [1.82, 2.24) is 10.7 Å². The molecule has 24 heavy (non-hydrogen) atoms. The number of nitrogens with one attached hydrogen (secondary N) is 2. The maximum Gasteiger partial charge on any atom is 0.262 e. The lowest BCUT2D eigenvalue weighted by Gasteiger charge is -2.12. The Kier molecular flexibility index (Phi) is 6.08. The van der Waals surface area contributed by atoms with E-state index in [9.17, 15) is 14.7 Å². The van der Waals surface area contributed by atoms with Crippen molar-refractivity contribution in [1.29, 1.82) is 0 Å². The Bertz CT molecular complexity index is 777. The van der Waals surface area contributed by atoms with Gasteiger partial charge in [0.05, 0.1) is 11.8 Å². The zero-order valence-electron chi connectivity index (χ0n) is 12.9. The molecule has 124 valence electrons. The molecule has 7 heteroatoms. The van der Waals surface area contributed by atoms with Gasteiger partial charge in [0.2, 0.25) is 0 Å². The number of hydrazone groups is 1. The summed E-state index contributed by atoms with van der Waals surface area (Å²) in [6.45, 7) is 1.56. The second-order valence-corrected chi connectivity index (χ2v) is 5.82. The van der Waals surface area contributed by atoms with E-state index in [2.05, 4.69) is 31.8 Å². The van der Waals surface area contributed by atoms with Crippen LogP contribution in [0.2, 0.25) is 0 Å². The maximum absolute atomic E-state index is 12.1. The molecular weight excluding hydrogens is 374 g/mol. The molecule has 0 aliphatic carbocycles. The normalized spacial score (nSPS) is 11.9. The second kappa shape index (κ2) is 8.26. The summed E-state index contributed by atoms with van der Waals surface area (Å²) in [6, 6.07) is 12.8. The molecule has 0 saturated carbocycles. The number of rotatable bonds is 5. The molecule has 2 rings (SSSR count). The van der Waals surface area contributed by atoms with Crippen molar-refractivity contribution in [3.63, 3.8) is 0 Å². The summed E-state index contributed by atoms with van der Waals surface area (Å²) in [7, 11) is 0. The number of amides is 2. The van der Waals surface area contributed by atoms with Gasteiger partial charge in [0.25, 0.3) is 11.8 Å². The first-order valence-electron chi connectivity index (χ1n) is 7.15. The molecule has 0 fully saturated rings. The molecular formula is C17H16BrN3O3. The quantitative estimate of drug-likeness (QED) is 0.541. The fourth-order valence-electron chi connectivity index (χ4n) is 1.84. The standard InChI is InChI=1S/C17H16BrN3O3/c1-11(20-17(24)13-7-3-4-8-14(13)18)16(23)21-19-10-12-6-2-5-9-15(12)22/h2-11,22H,1H3,(H,20,24)(H,21,23)/b19-10+. The molecule has 0 saturated heterocycles. The Morgan fingerprint density at radius 1 is 1.17 bits per heavy atom. The van der Waals surface area contributed by atoms with Crippen molar-refractivity contribution >= 4 is 34.0 Å². The first-order valence-corrected chi connectivity index (χ1v) is 7.94. The molecule has 0 aromatic heterocycles. The van der Waals surface area contributed by atoms with E-state index in [0.717, 1.165) is 0 Å². The van der Waals surface area contributed by atoms with Crippen LogP contribution in [-0.2, 0) is 4.79 Å². The molecule has 3 N–H and O–H groups in total. The molecule has 6 nitrogen and oxygen atoms in total. The average molecular weight is 390 g/mol. The van der Waals surface area contributed by atoms with Crippen molar-refractivity contribution in [3.05, 3.63) is 64.1 Å². The van der Waals surface area contributed by atoms with Gasteiger partial charge in [0.15, 0.2) is 0 Å². The van der Waals surface area contributed by atoms with Crippen LogP contribution in [0.15, 0.2) is 58.1 Å². The van der Waals surface area contributed by atoms with E-state index in [4.69, 9.17) is 0 Å². The number of hydrogen-bond donors (Lipinski definition) is 3. The molecule has 0 bridgehead atoms. The molecule has 2 aromatic carbocycles. The lowest BCUT2D eigenvalue weighted by Crippen LogP contribution is -2.43. The van der Waals surface area contributed by atoms with Crippen LogP contribution >= 0.6 is 15.9 Å². The topological polar surface area (TPSA) is 90.8 Å². The van der Waals surface area contributed by atoms with Crippen LogP contribution in [0.5, 0.6) is 5.75 Å². The van der Waals surface area contributed by atoms with Gasteiger partial charge in [-0.05, 0) is 47.1 Å². The Morgan fingerprint density at radius 2 is 1.83 bits per heavy atom. The summed E-state index contributed by atoms with van der Waals surface area (Å²) in [5, 5.41) is 16.0. The van der Waals surface area contributed by atoms with Crippen LogP contribution in [0.3, 0.4) is 0 Å². The molecule has 1 atom stereocenters. The Morgan fingerprint density at radius 3 is 2.54 bits per heavy atom. The number of carbonyl (C=O) groups excluding carboxylic acids is 2. The minimum atomic E-state index is -0.772. The largest absolute Gasteiger partial charge is 0.507 e. The first-order chi connectivity index (χ1) is 11.5. The Labute approximate surface area is 147 Å². The van der Waals surface area contributed by atoms with Gasteiger partial charge in [-0.2, -0.15) is 5.10 Å². The number of nitrogens with zero attached hydrogens (tertiary/aromatic N) is 1. The van der Waals surface area contributed by atoms with Crippen molar-refractivity contribution in [2.75, 3.05) is 0 Å². The van der Waals surface area contributed by atoms with Crippen LogP contribution in [0.4, 0.5) is 0 Å². The van der Waals surface area contributed by atoms with Crippen LogP contribution < -0.4 is 10.7 Å². The number of hydrogen-bond acceptors (Lipinski definition) is 4. The van der Waals surface area contributed by atoms with Crippen molar-refractivity contribution in [2.45, 2.75) is 13.0 Å². The van der Waals surface area contributed by atoms with Crippen molar-refractivity contribution in [3.8, 4) is 5.75 Å². The zero-order chi connectivity index (χ0) is 17.5. The van der Waals surface area contributed by atoms with Gasteiger partial charge in [-0.25, -0.2) is 5.43 Å². The molecule has 2 aromatic rings. The molecule has 0 radical (unpaired) electrons. The van der Waals surface area contributed by atoms with Crippen molar-refractivity contribution < 1.29 is 14.7 Å². The third-order valence-electron chi connectivity index (χ3n) is 3.17. The number of para-hydroxylation sites is 1. The number of halogens is 1. The Balaban J connectivity index is 1.92. The molecule has 2 amide bonds. The highest BCUT2D eigenvalue weighted by Gasteiger charge is 2.17. The average Bonchev–Trinajstić information content (AvgIpc) is 2.56. The highest BCUT2D eigenvalue weighted by atomic mass is 79.9. The minimum absolute atomic E-state index is 0.0609. The monoisotopic (exact) mass is 389 g/mol. The fraction of sp³-hybridized carbons (Fsp3) is 0.118. The van der Waals surface area contributed by atoms with Gasteiger partial charge in [0, 0.05) is 10.0 Å². The van der Waals surface area contributed by atoms with Crippen LogP contribution in [-0.4, -0.2) is 29.2 Å². The predicted octanol–water partition coefficient (Wildman–Crippen LogP) is 2.42. The summed E-state index contributed by atoms with van der Waals surface area (Å²) < 4.78 is 0.646. The third kappa shape index (κ3) is 4.66. The highest BCUT2D eigenvalue weighted by Crippen LogP contribution is 2.15. The van der Waals surface area contributed by atoms with Crippen LogP contribution in [0, 0.1) is 0 Å². The van der Waals surface area contributed by atoms with Crippen LogP contribution in [0.25, 0.3) is 0 Å². The van der Waals surface area contributed by atoms with Gasteiger partial charge in [-0.3, -0.25) is 9.59 Å². The molecule has 1 unspecified atom stereocenters. The number of carbonyl (C=O) groups is 2. The van der Waals surface area contributed by atoms with Crippen molar-refractivity contribution in [2.24, 2.45) is 5.10 Å². The van der Waals surface area contributed by atoms with Gasteiger partial charge in [-0.1, -0.05) is 24.3 Å². The smallest absolute Gasteiger partial charge is 0.262 e. The van der Waals surface area contributed by atoms with E-state index in [0.29, 0.717) is 15.6 Å². The summed E-state index contributed by atoms with van der Waals surface area (Å²) in [5.41, 5.74) is 3.24. The van der Waals surface area contributed by atoms with Gasteiger partial charge in [0.1, 0.15) is 11.8 Å². The number of phenols is 1. The van der Waals surface area contributed by atoms with Crippen LogP contribution in [0.1, 0.15) is 22.8 Å². The number of aromatic hydroxyl groups is 1. The van der Waals surface area contributed by atoms with Gasteiger partial charge in [-0.15, -0.1) is 0 Å². The number of benzene rings is 2. The minimum Gasteiger partial charge on any atom is -0.507 e. The number of phenolic OH excluding ortho intramolecular Hbond substituents is 1. The van der Waals surface area contributed by atoms with Gasteiger partial charge < -0.3 is 10.4 Å². The lowest BCUT2D eigenvalue weighted by molar-refractivity contribution is -0.122. The van der Waals surface area contributed by atoms with Gasteiger partial charge >= 0.3 is 0 Å². The molecule has 0 aliphatic rings. The third-order valence-corrected chi connectivity index (χ3v) is 3.87. The highest BCUT2D eigenvalue weighted by molar-refractivity contribution is 9.10. The summed E-state index contributed by atoms with van der Waals surface area (Å²) in [6.07, 6.45) is 1.33. The van der Waals surface area contributed by atoms with E-state index >= 15 is 0 Å². The Hall–Kier alpha value is -2.67. The maximum atomic E-state index is 12.1. The van der Waals surface area contributed by atoms with E-state index in [1.807, 2.05) is 0 Å². The summed E-state index contributed by atoms with van der Waals surface area (Å²) >= 11 is 3.29. The zero-order valence-corrected chi connectivity index (χ0v) is 14.4. The summed E-state index contributed by atoms with van der Waals surface area (Å²) in [5.74, 6) is -0.775. The van der Waals surface area contributed by atoms with E-state index in [1.165, 1.54) is 12.3 Å². The molecule has 0 heterocycles. The van der Waals surface area contributed by atoms with E-state index < -0.39 is 11.9 Å². The fourth-order valence-corrected chi connectivity index (χ4v) is 2.31. The second-order valence-electron chi connectivity index (χ2n) is 4.97. The summed E-state index contributed by atoms with van der Waals surface area (Å²) in [4.78, 5) is 24.1.